The summed E-state index contributed by atoms with van der Waals surface area (Å²) in [6.07, 6.45) is 2.32. The number of rotatable bonds is 16. The molecule has 0 radical (unpaired) electrons. The van der Waals surface area contributed by atoms with Gasteiger partial charge in [0.15, 0.2) is 0 Å². The zero-order valence-electron chi connectivity index (χ0n) is 27.8. The Morgan fingerprint density at radius 1 is 0.488 bits per heavy atom. The predicted molar refractivity (Wildman–Crippen MR) is 175 cm³/mol. The molecule has 4 aliphatic heterocycles. The van der Waals surface area contributed by atoms with E-state index in [1.54, 1.807) is 0 Å². The van der Waals surface area contributed by atoms with Crippen molar-refractivity contribution in [1.82, 2.24) is 0 Å². The summed E-state index contributed by atoms with van der Waals surface area (Å²) in [7, 11) is 0. The van der Waals surface area contributed by atoms with Gasteiger partial charge in [0.25, 0.3) is 0 Å². The van der Waals surface area contributed by atoms with Crippen molar-refractivity contribution in [3.8, 4) is 0 Å². The van der Waals surface area contributed by atoms with Crippen LogP contribution in [0, 0.1) is 0 Å². The Labute approximate surface area is 260 Å². The maximum absolute atomic E-state index is 5.70. The molecule has 0 bridgehead atoms. The van der Waals surface area contributed by atoms with E-state index in [1.807, 2.05) is 0 Å². The lowest BCUT2D eigenvalue weighted by molar-refractivity contribution is 0.388. The van der Waals surface area contributed by atoms with E-state index in [4.69, 9.17) is 18.9 Å². The second-order valence-corrected chi connectivity index (χ2v) is 14.7. The van der Waals surface area contributed by atoms with E-state index in [2.05, 4.69) is 89.5 Å². The van der Waals surface area contributed by atoms with Crippen LogP contribution in [0.25, 0.3) is 0 Å². The Morgan fingerprint density at radius 3 is 0.907 bits per heavy atom. The lowest BCUT2D eigenvalue weighted by atomic mass is 9.85. The van der Waals surface area contributed by atoms with Crippen LogP contribution in [0.4, 0.5) is 11.4 Å². The second-order valence-electron chi connectivity index (χ2n) is 14.7. The van der Waals surface area contributed by atoms with Crippen molar-refractivity contribution in [2.75, 3.05) is 62.4 Å². The van der Waals surface area contributed by atoms with Crippen molar-refractivity contribution < 1.29 is 18.9 Å². The second kappa shape index (κ2) is 12.7. The van der Waals surface area contributed by atoms with Gasteiger partial charge in [-0.3, -0.25) is 0 Å². The fourth-order valence-electron chi connectivity index (χ4n) is 6.61. The molecule has 2 aromatic carbocycles. The molecule has 0 aromatic heterocycles. The van der Waals surface area contributed by atoms with Gasteiger partial charge < -0.3 is 28.7 Å². The molecule has 43 heavy (non-hydrogen) atoms. The molecule has 0 saturated carbocycles. The van der Waals surface area contributed by atoms with Gasteiger partial charge in [-0.05, 0) is 63.5 Å². The Balaban J connectivity index is 1.38. The Hall–Kier alpha value is -2.12. The molecule has 6 heteroatoms. The largest absolute Gasteiger partial charge is 0.371 e. The average Bonchev–Trinajstić information content (AvgIpc) is 3.77. The van der Waals surface area contributed by atoms with Crippen LogP contribution in [0.5, 0.6) is 0 Å². The Morgan fingerprint density at radius 2 is 0.721 bits per heavy atom. The molecule has 4 saturated heterocycles. The van der Waals surface area contributed by atoms with Crippen molar-refractivity contribution in [2.45, 2.75) is 110 Å². The van der Waals surface area contributed by atoms with E-state index in [0.29, 0.717) is 48.1 Å². The van der Waals surface area contributed by atoms with Gasteiger partial charge in [0.05, 0.1) is 50.8 Å². The molecular formula is C37H54N2O4. The first-order valence-corrected chi connectivity index (χ1v) is 16.9. The SMILES string of the molecule is CC(C)c1cc(Cc2cc(C(C)C)c(N(CC3CO3)CC3CO3)c(C(C)C)c2)cc(C(C)C)c1N(CC1CO1)CC1CO1. The maximum Gasteiger partial charge on any atom is 0.0984 e. The van der Waals surface area contributed by atoms with E-state index in [-0.39, 0.29) is 0 Å². The first-order valence-electron chi connectivity index (χ1n) is 16.9. The van der Waals surface area contributed by atoms with Crippen molar-refractivity contribution >= 4 is 11.4 Å². The van der Waals surface area contributed by atoms with E-state index >= 15 is 0 Å². The fraction of sp³-hybridized carbons (Fsp3) is 0.676. The molecule has 4 heterocycles. The van der Waals surface area contributed by atoms with Crippen LogP contribution >= 0.6 is 0 Å². The fourth-order valence-corrected chi connectivity index (χ4v) is 6.61. The molecule has 4 unspecified atom stereocenters. The number of epoxide rings is 4. The Kier molecular flexibility index (Phi) is 9.13. The normalized spacial score (nSPS) is 23.9. The number of ether oxygens (including phenoxy) is 4. The van der Waals surface area contributed by atoms with Gasteiger partial charge in [-0.15, -0.1) is 0 Å². The summed E-state index contributed by atoms with van der Waals surface area (Å²) in [5.74, 6) is 1.71. The zero-order chi connectivity index (χ0) is 30.4. The van der Waals surface area contributed by atoms with Crippen molar-refractivity contribution in [3.63, 3.8) is 0 Å². The molecular weight excluding hydrogens is 536 g/mol. The summed E-state index contributed by atoms with van der Waals surface area (Å²) >= 11 is 0. The van der Waals surface area contributed by atoms with Crippen LogP contribution in [0.2, 0.25) is 0 Å². The molecule has 236 valence electrons. The van der Waals surface area contributed by atoms with Gasteiger partial charge in [-0.1, -0.05) is 79.7 Å². The molecule has 4 fully saturated rings. The Bertz CT molecular complexity index is 1090. The number of benzene rings is 2. The lowest BCUT2D eigenvalue weighted by Gasteiger charge is -2.33. The van der Waals surface area contributed by atoms with E-state index in [9.17, 15) is 0 Å². The molecule has 6 nitrogen and oxygen atoms in total. The van der Waals surface area contributed by atoms with Crippen LogP contribution in [-0.2, 0) is 25.4 Å². The van der Waals surface area contributed by atoms with E-state index in [1.165, 1.54) is 44.8 Å². The number of hydrogen-bond donors (Lipinski definition) is 0. The standard InChI is InChI=1S/C37H54N2O4/c1-22(2)32-10-26(11-33(23(3)4)36(32)38(14-28-18-40-28)15-29-19-41-29)9-27-12-34(24(5)6)37(35(13-27)25(7)8)39(16-30-20-42-30)17-31-21-43-31/h10-13,22-25,28-31H,9,14-21H2,1-8H3. The van der Waals surface area contributed by atoms with Crippen LogP contribution in [0.15, 0.2) is 24.3 Å². The van der Waals surface area contributed by atoms with Gasteiger partial charge in [-0.2, -0.15) is 0 Å². The van der Waals surface area contributed by atoms with Crippen molar-refractivity contribution in [3.05, 3.63) is 57.6 Å². The highest BCUT2D eigenvalue weighted by atomic mass is 16.6. The van der Waals surface area contributed by atoms with Gasteiger partial charge in [-0.25, -0.2) is 0 Å². The molecule has 0 aliphatic carbocycles. The third kappa shape index (κ3) is 7.76. The summed E-state index contributed by atoms with van der Waals surface area (Å²) in [5, 5.41) is 0. The van der Waals surface area contributed by atoms with Crippen LogP contribution < -0.4 is 9.80 Å². The average molecular weight is 591 g/mol. The summed E-state index contributed by atoms with van der Waals surface area (Å²) in [4.78, 5) is 5.15. The predicted octanol–water partition coefficient (Wildman–Crippen LogP) is 6.98. The molecule has 0 spiro atoms. The zero-order valence-corrected chi connectivity index (χ0v) is 27.8. The topological polar surface area (TPSA) is 56.6 Å². The molecule has 4 atom stereocenters. The van der Waals surface area contributed by atoms with E-state index < -0.39 is 0 Å². The number of hydrogen-bond acceptors (Lipinski definition) is 6. The number of nitrogens with zero attached hydrogens (tertiary/aromatic N) is 2. The minimum Gasteiger partial charge on any atom is -0.371 e. The molecule has 0 N–H and O–H groups in total. The minimum atomic E-state index is 0.346. The number of anilines is 2. The highest BCUT2D eigenvalue weighted by Gasteiger charge is 2.35. The van der Waals surface area contributed by atoms with Gasteiger partial charge >= 0.3 is 0 Å². The van der Waals surface area contributed by atoms with Crippen LogP contribution in [0.3, 0.4) is 0 Å². The first-order chi connectivity index (χ1) is 20.6. The molecule has 6 rings (SSSR count). The van der Waals surface area contributed by atoms with Gasteiger partial charge in [0, 0.05) is 37.6 Å². The highest BCUT2D eigenvalue weighted by Crippen LogP contribution is 2.41. The smallest absolute Gasteiger partial charge is 0.0984 e. The monoisotopic (exact) mass is 590 g/mol. The van der Waals surface area contributed by atoms with Gasteiger partial charge in [0.1, 0.15) is 0 Å². The van der Waals surface area contributed by atoms with E-state index in [0.717, 1.165) is 59.0 Å². The quantitative estimate of drug-likeness (QED) is 0.197. The minimum absolute atomic E-state index is 0.346. The van der Waals surface area contributed by atoms with Crippen molar-refractivity contribution in [2.24, 2.45) is 0 Å². The van der Waals surface area contributed by atoms with Gasteiger partial charge in [0.2, 0.25) is 0 Å². The molecule has 2 aromatic rings. The van der Waals surface area contributed by atoms with Crippen molar-refractivity contribution in [1.29, 1.82) is 0 Å². The van der Waals surface area contributed by atoms with Crippen LogP contribution in [0.1, 0.15) is 112 Å². The molecule has 4 aliphatic rings. The third-order valence-electron chi connectivity index (χ3n) is 9.29. The van der Waals surface area contributed by atoms with Crippen LogP contribution in [-0.4, -0.2) is 77.0 Å². The summed E-state index contributed by atoms with van der Waals surface area (Å²) in [6.45, 7) is 26.0. The summed E-state index contributed by atoms with van der Waals surface area (Å²) in [6, 6.07) is 10.00. The highest BCUT2D eigenvalue weighted by molar-refractivity contribution is 5.66. The maximum atomic E-state index is 5.70. The summed E-state index contributed by atoms with van der Waals surface area (Å²) < 4.78 is 22.8. The summed E-state index contributed by atoms with van der Waals surface area (Å²) in [5.41, 5.74) is 11.5. The lowest BCUT2D eigenvalue weighted by Crippen LogP contribution is -2.34. The third-order valence-corrected chi connectivity index (χ3v) is 9.29. The molecule has 0 amide bonds. The first kappa shape index (κ1) is 30.9.